The van der Waals surface area contributed by atoms with Crippen molar-refractivity contribution in [2.24, 2.45) is 17.6 Å². The Morgan fingerprint density at radius 3 is 2.75 bits per heavy atom. The first kappa shape index (κ1) is 15.4. The molecule has 1 aromatic heterocycles. The van der Waals surface area contributed by atoms with E-state index in [0.29, 0.717) is 11.6 Å². The van der Waals surface area contributed by atoms with Crippen LogP contribution in [0.1, 0.15) is 61.6 Å². The third kappa shape index (κ3) is 3.58. The van der Waals surface area contributed by atoms with Crippen LogP contribution in [0.4, 0.5) is 0 Å². The molecule has 0 spiro atoms. The highest BCUT2D eigenvalue weighted by Gasteiger charge is 2.24. The monoisotopic (exact) mass is 295 g/mol. The second kappa shape index (κ2) is 6.68. The largest absolute Gasteiger partial charge is 0.337 e. The van der Waals surface area contributed by atoms with Crippen LogP contribution in [0, 0.1) is 11.8 Å². The molecular formula is C15H25N3OS. The predicted octanol–water partition coefficient (Wildman–Crippen LogP) is 3.06. The molecule has 1 aromatic rings. The summed E-state index contributed by atoms with van der Waals surface area (Å²) >= 11 is 1.48. The molecule has 20 heavy (non-hydrogen) atoms. The van der Waals surface area contributed by atoms with Gasteiger partial charge in [-0.1, -0.05) is 13.8 Å². The molecular weight excluding hydrogens is 270 g/mol. The zero-order valence-electron chi connectivity index (χ0n) is 12.6. The number of rotatable bonds is 3. The molecule has 1 saturated heterocycles. The van der Waals surface area contributed by atoms with Gasteiger partial charge in [-0.25, -0.2) is 4.98 Å². The smallest absolute Gasteiger partial charge is 0.273 e. The van der Waals surface area contributed by atoms with E-state index in [1.165, 1.54) is 17.8 Å². The predicted molar refractivity (Wildman–Crippen MR) is 82.8 cm³/mol. The summed E-state index contributed by atoms with van der Waals surface area (Å²) in [7, 11) is 0. The van der Waals surface area contributed by atoms with Crippen LogP contribution in [-0.4, -0.2) is 28.9 Å². The van der Waals surface area contributed by atoms with Gasteiger partial charge >= 0.3 is 0 Å². The average Bonchev–Trinajstić information content (AvgIpc) is 2.76. The molecule has 0 aliphatic carbocycles. The number of thiazole rings is 1. The SMILES string of the molecule is CC(N)c1nc(C(=O)N2CCCC(C(C)C)CC2)cs1. The summed E-state index contributed by atoms with van der Waals surface area (Å²) in [5.41, 5.74) is 6.37. The van der Waals surface area contributed by atoms with Crippen molar-refractivity contribution in [3.05, 3.63) is 16.1 Å². The van der Waals surface area contributed by atoms with E-state index in [4.69, 9.17) is 5.73 Å². The van der Waals surface area contributed by atoms with Gasteiger partial charge in [-0.2, -0.15) is 0 Å². The molecule has 112 valence electrons. The number of hydrogen-bond donors (Lipinski definition) is 1. The van der Waals surface area contributed by atoms with Crippen molar-refractivity contribution in [1.82, 2.24) is 9.88 Å². The van der Waals surface area contributed by atoms with Crippen LogP contribution in [0.2, 0.25) is 0 Å². The van der Waals surface area contributed by atoms with E-state index in [2.05, 4.69) is 18.8 Å². The number of hydrogen-bond acceptors (Lipinski definition) is 4. The Morgan fingerprint density at radius 1 is 1.40 bits per heavy atom. The van der Waals surface area contributed by atoms with Gasteiger partial charge in [0.1, 0.15) is 10.7 Å². The Kier molecular flexibility index (Phi) is 5.16. The fourth-order valence-corrected chi connectivity index (χ4v) is 3.50. The summed E-state index contributed by atoms with van der Waals surface area (Å²) in [6, 6.07) is -0.101. The van der Waals surface area contributed by atoms with E-state index >= 15 is 0 Å². The van der Waals surface area contributed by atoms with E-state index in [-0.39, 0.29) is 11.9 Å². The van der Waals surface area contributed by atoms with Crippen LogP contribution in [0.25, 0.3) is 0 Å². The lowest BCUT2D eigenvalue weighted by Gasteiger charge is -2.20. The first-order valence-corrected chi connectivity index (χ1v) is 8.37. The fourth-order valence-electron chi connectivity index (χ4n) is 2.75. The molecule has 0 radical (unpaired) electrons. The van der Waals surface area contributed by atoms with Gasteiger partial charge in [0.25, 0.3) is 5.91 Å². The maximum atomic E-state index is 12.5. The van der Waals surface area contributed by atoms with Gasteiger partial charge in [-0.3, -0.25) is 4.79 Å². The molecule has 2 heterocycles. The Bertz CT molecular complexity index is 456. The molecule has 2 unspecified atom stereocenters. The second-order valence-electron chi connectivity index (χ2n) is 6.09. The van der Waals surface area contributed by atoms with E-state index in [9.17, 15) is 4.79 Å². The molecule has 4 nitrogen and oxygen atoms in total. The summed E-state index contributed by atoms with van der Waals surface area (Å²) in [6.07, 6.45) is 3.43. The van der Waals surface area contributed by atoms with Gasteiger partial charge in [0.2, 0.25) is 0 Å². The van der Waals surface area contributed by atoms with Crippen molar-refractivity contribution < 1.29 is 4.79 Å². The number of carbonyl (C=O) groups excluding carboxylic acids is 1. The Balaban J connectivity index is 2.01. The number of nitrogens with two attached hydrogens (primary N) is 1. The molecule has 1 aliphatic rings. The minimum Gasteiger partial charge on any atom is -0.337 e. The zero-order valence-corrected chi connectivity index (χ0v) is 13.4. The minimum atomic E-state index is -0.101. The summed E-state index contributed by atoms with van der Waals surface area (Å²) in [5.74, 6) is 1.51. The molecule has 1 aliphatic heterocycles. The number of aromatic nitrogens is 1. The van der Waals surface area contributed by atoms with Gasteiger partial charge in [0.05, 0.1) is 6.04 Å². The topological polar surface area (TPSA) is 59.2 Å². The lowest BCUT2D eigenvalue weighted by molar-refractivity contribution is 0.0753. The number of carbonyl (C=O) groups is 1. The Labute approximate surface area is 125 Å². The van der Waals surface area contributed by atoms with Crippen LogP contribution < -0.4 is 5.73 Å². The van der Waals surface area contributed by atoms with Crippen molar-refractivity contribution in [2.75, 3.05) is 13.1 Å². The molecule has 0 aromatic carbocycles. The van der Waals surface area contributed by atoms with Crippen molar-refractivity contribution in [3.8, 4) is 0 Å². The normalized spacial score (nSPS) is 21.9. The summed E-state index contributed by atoms with van der Waals surface area (Å²) in [5, 5.41) is 2.68. The van der Waals surface area contributed by atoms with Crippen molar-refractivity contribution in [2.45, 2.75) is 46.1 Å². The molecule has 5 heteroatoms. The van der Waals surface area contributed by atoms with Crippen molar-refractivity contribution in [1.29, 1.82) is 0 Å². The van der Waals surface area contributed by atoms with Gasteiger partial charge in [0.15, 0.2) is 0 Å². The lowest BCUT2D eigenvalue weighted by atomic mass is 9.89. The van der Waals surface area contributed by atoms with E-state index in [1.54, 1.807) is 0 Å². The van der Waals surface area contributed by atoms with E-state index < -0.39 is 0 Å². The van der Waals surface area contributed by atoms with Crippen molar-refractivity contribution >= 4 is 17.2 Å². The molecule has 1 amide bonds. The lowest BCUT2D eigenvalue weighted by Crippen LogP contribution is -2.32. The number of nitrogens with zero attached hydrogens (tertiary/aromatic N) is 2. The van der Waals surface area contributed by atoms with Crippen LogP contribution in [0.15, 0.2) is 5.38 Å². The first-order valence-electron chi connectivity index (χ1n) is 7.49. The Hall–Kier alpha value is -0.940. The average molecular weight is 295 g/mol. The van der Waals surface area contributed by atoms with E-state index in [0.717, 1.165) is 36.9 Å². The molecule has 2 atom stereocenters. The third-order valence-electron chi connectivity index (χ3n) is 4.13. The highest BCUT2D eigenvalue weighted by molar-refractivity contribution is 7.09. The third-order valence-corrected chi connectivity index (χ3v) is 5.18. The van der Waals surface area contributed by atoms with Crippen LogP contribution >= 0.6 is 11.3 Å². The maximum absolute atomic E-state index is 12.5. The van der Waals surface area contributed by atoms with E-state index in [1.807, 2.05) is 17.2 Å². The maximum Gasteiger partial charge on any atom is 0.273 e. The van der Waals surface area contributed by atoms with Gasteiger partial charge in [-0.05, 0) is 38.0 Å². The van der Waals surface area contributed by atoms with Gasteiger partial charge in [-0.15, -0.1) is 11.3 Å². The van der Waals surface area contributed by atoms with Crippen molar-refractivity contribution in [3.63, 3.8) is 0 Å². The second-order valence-corrected chi connectivity index (χ2v) is 6.98. The quantitative estimate of drug-likeness (QED) is 0.932. The fraction of sp³-hybridized carbons (Fsp3) is 0.733. The zero-order chi connectivity index (χ0) is 14.7. The summed E-state index contributed by atoms with van der Waals surface area (Å²) < 4.78 is 0. The van der Waals surface area contributed by atoms with Crippen LogP contribution in [-0.2, 0) is 0 Å². The highest BCUT2D eigenvalue weighted by atomic mass is 32.1. The molecule has 2 N–H and O–H groups in total. The van der Waals surface area contributed by atoms with Crippen LogP contribution in [0.5, 0.6) is 0 Å². The molecule has 0 bridgehead atoms. The molecule has 0 saturated carbocycles. The molecule has 2 rings (SSSR count). The standard InChI is InChI=1S/C15H25N3OS/c1-10(2)12-5-4-7-18(8-6-12)15(19)13-9-20-14(17-13)11(3)16/h9-12H,4-8,16H2,1-3H3. The highest BCUT2D eigenvalue weighted by Crippen LogP contribution is 2.25. The summed E-state index contributed by atoms with van der Waals surface area (Å²) in [6.45, 7) is 8.15. The van der Waals surface area contributed by atoms with Crippen LogP contribution in [0.3, 0.4) is 0 Å². The van der Waals surface area contributed by atoms with Gasteiger partial charge in [0, 0.05) is 18.5 Å². The summed E-state index contributed by atoms with van der Waals surface area (Å²) in [4.78, 5) is 18.8. The Morgan fingerprint density at radius 2 is 2.15 bits per heavy atom. The first-order chi connectivity index (χ1) is 9.49. The molecule has 1 fully saturated rings. The minimum absolute atomic E-state index is 0.0672. The van der Waals surface area contributed by atoms with Gasteiger partial charge < -0.3 is 10.6 Å². The number of likely N-dealkylation sites (tertiary alicyclic amines) is 1. The number of amides is 1.